The van der Waals surface area contributed by atoms with Gasteiger partial charge in [-0.25, -0.2) is 0 Å². The standard InChI is InChI=1S/C9H20N2O/c1-8-5-9(7-12-8)6-11(2)4-3-10/h8-9H,3-7,10H2,1-2H3. The summed E-state index contributed by atoms with van der Waals surface area (Å²) >= 11 is 0. The summed E-state index contributed by atoms with van der Waals surface area (Å²) in [6.45, 7) is 5.94. The van der Waals surface area contributed by atoms with E-state index in [1.54, 1.807) is 0 Å². The van der Waals surface area contributed by atoms with Crippen LogP contribution in [0.5, 0.6) is 0 Å². The summed E-state index contributed by atoms with van der Waals surface area (Å²) in [5.41, 5.74) is 5.46. The van der Waals surface area contributed by atoms with Crippen molar-refractivity contribution >= 4 is 0 Å². The molecule has 3 nitrogen and oxygen atoms in total. The highest BCUT2D eigenvalue weighted by molar-refractivity contribution is 4.72. The van der Waals surface area contributed by atoms with Gasteiger partial charge in [-0.3, -0.25) is 0 Å². The van der Waals surface area contributed by atoms with Gasteiger partial charge < -0.3 is 15.4 Å². The Balaban J connectivity index is 2.14. The molecule has 0 spiro atoms. The van der Waals surface area contributed by atoms with Gasteiger partial charge in [0.25, 0.3) is 0 Å². The summed E-state index contributed by atoms with van der Waals surface area (Å²) < 4.78 is 5.49. The minimum Gasteiger partial charge on any atom is -0.378 e. The lowest BCUT2D eigenvalue weighted by molar-refractivity contribution is 0.117. The highest BCUT2D eigenvalue weighted by Crippen LogP contribution is 2.19. The monoisotopic (exact) mass is 172 g/mol. The molecule has 2 unspecified atom stereocenters. The second-order valence-corrected chi connectivity index (χ2v) is 3.80. The van der Waals surface area contributed by atoms with Gasteiger partial charge in [0.15, 0.2) is 0 Å². The number of hydrogen-bond donors (Lipinski definition) is 1. The van der Waals surface area contributed by atoms with E-state index in [9.17, 15) is 0 Å². The molecule has 0 aromatic rings. The van der Waals surface area contributed by atoms with Crippen molar-refractivity contribution in [1.82, 2.24) is 4.90 Å². The van der Waals surface area contributed by atoms with Gasteiger partial charge in [-0.05, 0) is 26.3 Å². The summed E-state index contributed by atoms with van der Waals surface area (Å²) in [5.74, 6) is 0.719. The van der Waals surface area contributed by atoms with E-state index in [4.69, 9.17) is 10.5 Å². The van der Waals surface area contributed by atoms with Gasteiger partial charge in [0.1, 0.15) is 0 Å². The fourth-order valence-electron chi connectivity index (χ4n) is 1.79. The first-order valence-corrected chi connectivity index (χ1v) is 4.72. The minimum absolute atomic E-state index is 0.460. The van der Waals surface area contributed by atoms with Crippen LogP contribution in [0.2, 0.25) is 0 Å². The number of nitrogens with two attached hydrogens (primary N) is 1. The highest BCUT2D eigenvalue weighted by atomic mass is 16.5. The zero-order valence-electron chi connectivity index (χ0n) is 8.12. The molecule has 0 amide bonds. The molecule has 0 aromatic heterocycles. The molecule has 12 heavy (non-hydrogen) atoms. The van der Waals surface area contributed by atoms with Crippen molar-refractivity contribution in [3.8, 4) is 0 Å². The third kappa shape index (κ3) is 3.09. The number of hydrogen-bond acceptors (Lipinski definition) is 3. The topological polar surface area (TPSA) is 38.5 Å². The lowest BCUT2D eigenvalue weighted by atomic mass is 10.1. The summed E-state index contributed by atoms with van der Waals surface area (Å²) in [6.07, 6.45) is 1.66. The summed E-state index contributed by atoms with van der Waals surface area (Å²) in [5, 5.41) is 0. The van der Waals surface area contributed by atoms with Crippen molar-refractivity contribution in [2.24, 2.45) is 11.7 Å². The van der Waals surface area contributed by atoms with Crippen LogP contribution in [-0.2, 0) is 4.74 Å². The summed E-state index contributed by atoms with van der Waals surface area (Å²) in [7, 11) is 2.12. The highest BCUT2D eigenvalue weighted by Gasteiger charge is 2.22. The first-order chi connectivity index (χ1) is 5.72. The molecule has 3 heteroatoms. The van der Waals surface area contributed by atoms with E-state index in [0.29, 0.717) is 6.10 Å². The third-order valence-corrected chi connectivity index (χ3v) is 2.36. The molecule has 1 heterocycles. The molecule has 2 atom stereocenters. The second-order valence-electron chi connectivity index (χ2n) is 3.80. The molecular formula is C9H20N2O. The first-order valence-electron chi connectivity index (χ1n) is 4.72. The van der Waals surface area contributed by atoms with Crippen LogP contribution in [0.4, 0.5) is 0 Å². The zero-order chi connectivity index (χ0) is 8.97. The molecule has 1 rings (SSSR count). The number of likely N-dealkylation sites (N-methyl/N-ethyl adjacent to an activating group) is 1. The molecule has 1 aliphatic rings. The normalized spacial score (nSPS) is 30.0. The molecule has 0 radical (unpaired) electrons. The molecule has 0 saturated carbocycles. The van der Waals surface area contributed by atoms with E-state index >= 15 is 0 Å². The Bertz CT molecular complexity index is 130. The van der Waals surface area contributed by atoms with Gasteiger partial charge in [-0.1, -0.05) is 0 Å². The van der Waals surface area contributed by atoms with E-state index < -0.39 is 0 Å². The Morgan fingerprint density at radius 1 is 1.58 bits per heavy atom. The number of rotatable bonds is 4. The van der Waals surface area contributed by atoms with Crippen molar-refractivity contribution in [2.75, 3.05) is 33.3 Å². The van der Waals surface area contributed by atoms with E-state index in [-0.39, 0.29) is 0 Å². The maximum atomic E-state index is 5.49. The van der Waals surface area contributed by atoms with Crippen LogP contribution in [-0.4, -0.2) is 44.3 Å². The van der Waals surface area contributed by atoms with Gasteiger partial charge in [-0.2, -0.15) is 0 Å². The van der Waals surface area contributed by atoms with Crippen LogP contribution in [0.3, 0.4) is 0 Å². The van der Waals surface area contributed by atoms with E-state index in [2.05, 4.69) is 18.9 Å². The van der Waals surface area contributed by atoms with Gasteiger partial charge in [0, 0.05) is 19.6 Å². The predicted octanol–water partition coefficient (Wildman–Crippen LogP) is 0.302. The molecule has 72 valence electrons. The predicted molar refractivity (Wildman–Crippen MR) is 50.1 cm³/mol. The maximum absolute atomic E-state index is 5.49. The Labute approximate surface area is 74.9 Å². The van der Waals surface area contributed by atoms with Crippen molar-refractivity contribution < 1.29 is 4.74 Å². The lowest BCUT2D eigenvalue weighted by Crippen LogP contribution is -2.30. The first kappa shape index (κ1) is 9.96. The molecule has 2 N–H and O–H groups in total. The Hall–Kier alpha value is -0.120. The minimum atomic E-state index is 0.460. The fraction of sp³-hybridized carbons (Fsp3) is 1.00. The Kier molecular flexibility index (Phi) is 3.98. The average Bonchev–Trinajstić information content (AvgIpc) is 2.36. The second kappa shape index (κ2) is 4.80. The van der Waals surface area contributed by atoms with Gasteiger partial charge in [0.2, 0.25) is 0 Å². The largest absolute Gasteiger partial charge is 0.378 e. The molecule has 1 aliphatic heterocycles. The molecule has 1 fully saturated rings. The van der Waals surface area contributed by atoms with Crippen LogP contribution < -0.4 is 5.73 Å². The van der Waals surface area contributed by atoms with Gasteiger partial charge in [-0.15, -0.1) is 0 Å². The quantitative estimate of drug-likeness (QED) is 0.663. The van der Waals surface area contributed by atoms with Crippen molar-refractivity contribution in [3.63, 3.8) is 0 Å². The zero-order valence-corrected chi connectivity index (χ0v) is 8.12. The van der Waals surface area contributed by atoms with Gasteiger partial charge in [0.05, 0.1) is 12.7 Å². The molecule has 0 aliphatic carbocycles. The van der Waals surface area contributed by atoms with E-state index in [1.165, 1.54) is 6.42 Å². The number of ether oxygens (including phenoxy) is 1. The molecule has 0 bridgehead atoms. The Morgan fingerprint density at radius 3 is 2.83 bits per heavy atom. The van der Waals surface area contributed by atoms with Crippen LogP contribution >= 0.6 is 0 Å². The molecule has 1 saturated heterocycles. The summed E-state index contributed by atoms with van der Waals surface area (Å²) in [4.78, 5) is 2.28. The van der Waals surface area contributed by atoms with Crippen LogP contribution in [0, 0.1) is 5.92 Å². The number of nitrogens with zero attached hydrogens (tertiary/aromatic N) is 1. The van der Waals surface area contributed by atoms with Crippen LogP contribution in [0.15, 0.2) is 0 Å². The third-order valence-electron chi connectivity index (χ3n) is 2.36. The van der Waals surface area contributed by atoms with Crippen molar-refractivity contribution in [3.05, 3.63) is 0 Å². The summed E-state index contributed by atoms with van der Waals surface area (Å²) in [6, 6.07) is 0. The van der Waals surface area contributed by atoms with E-state index in [1.807, 2.05) is 0 Å². The smallest absolute Gasteiger partial charge is 0.0551 e. The van der Waals surface area contributed by atoms with Crippen LogP contribution in [0.1, 0.15) is 13.3 Å². The average molecular weight is 172 g/mol. The SMILES string of the molecule is CC1CC(CN(C)CCN)CO1. The van der Waals surface area contributed by atoms with Crippen LogP contribution in [0.25, 0.3) is 0 Å². The van der Waals surface area contributed by atoms with Crippen molar-refractivity contribution in [1.29, 1.82) is 0 Å². The fourth-order valence-corrected chi connectivity index (χ4v) is 1.79. The molecular weight excluding hydrogens is 152 g/mol. The van der Waals surface area contributed by atoms with Crippen molar-refractivity contribution in [2.45, 2.75) is 19.4 Å². The lowest BCUT2D eigenvalue weighted by Gasteiger charge is -2.18. The van der Waals surface area contributed by atoms with E-state index in [0.717, 1.165) is 32.2 Å². The van der Waals surface area contributed by atoms with Gasteiger partial charge >= 0.3 is 0 Å². The maximum Gasteiger partial charge on any atom is 0.0551 e. The molecule has 0 aromatic carbocycles. The Morgan fingerprint density at radius 2 is 2.33 bits per heavy atom.